The van der Waals surface area contributed by atoms with E-state index < -0.39 is 11.7 Å². The van der Waals surface area contributed by atoms with E-state index in [1.54, 1.807) is 10.6 Å². The lowest BCUT2D eigenvalue weighted by Gasteiger charge is -2.02. The number of amides is 1. The Bertz CT molecular complexity index is 1070. The van der Waals surface area contributed by atoms with Gasteiger partial charge in [-0.05, 0) is 19.1 Å². The summed E-state index contributed by atoms with van der Waals surface area (Å²) >= 11 is 1.17. The minimum absolute atomic E-state index is 0.0350. The highest BCUT2D eigenvalue weighted by molar-refractivity contribution is 7.20. The van der Waals surface area contributed by atoms with Gasteiger partial charge >= 0.3 is 0 Å². The second-order valence-electron chi connectivity index (χ2n) is 5.43. The van der Waals surface area contributed by atoms with E-state index in [-0.39, 0.29) is 5.56 Å². The van der Waals surface area contributed by atoms with Crippen LogP contribution in [-0.4, -0.2) is 25.7 Å². The molecule has 0 aliphatic carbocycles. The summed E-state index contributed by atoms with van der Waals surface area (Å²) in [5, 5.41) is 15.5. The zero-order valence-corrected chi connectivity index (χ0v) is 13.9. The zero-order valence-electron chi connectivity index (χ0n) is 13.1. The Kier molecular flexibility index (Phi) is 3.73. The molecule has 0 unspecified atom stereocenters. The first-order valence-corrected chi connectivity index (χ1v) is 8.28. The standard InChI is InChI=1S/C17H12FN5OS/c1-10-6-8-11(9-7-10)14-20-21-17-23(14)22-16(25-17)19-15(24)12-4-2-3-5-13(12)18/h2-9H,1H3,(H,19,22,24). The number of benzene rings is 2. The number of aromatic nitrogens is 4. The first-order chi connectivity index (χ1) is 12.1. The van der Waals surface area contributed by atoms with Gasteiger partial charge in [-0.15, -0.1) is 15.3 Å². The second kappa shape index (κ2) is 6.06. The first-order valence-electron chi connectivity index (χ1n) is 7.47. The number of halogens is 1. The average molecular weight is 353 g/mol. The van der Waals surface area contributed by atoms with Crippen molar-refractivity contribution in [3.8, 4) is 11.4 Å². The van der Waals surface area contributed by atoms with Gasteiger partial charge in [0.2, 0.25) is 10.1 Å². The first kappa shape index (κ1) is 15.4. The molecule has 6 nitrogen and oxygen atoms in total. The molecule has 4 rings (SSSR count). The van der Waals surface area contributed by atoms with Crippen LogP contribution in [0.2, 0.25) is 0 Å². The van der Waals surface area contributed by atoms with Crippen LogP contribution in [0.1, 0.15) is 15.9 Å². The molecule has 0 spiro atoms. The Morgan fingerprint density at radius 1 is 1.12 bits per heavy atom. The second-order valence-corrected chi connectivity index (χ2v) is 6.38. The highest BCUT2D eigenvalue weighted by Crippen LogP contribution is 2.24. The molecular formula is C17H12FN5OS. The number of rotatable bonds is 3. The van der Waals surface area contributed by atoms with Crippen LogP contribution in [-0.2, 0) is 0 Å². The normalized spacial score (nSPS) is 11.0. The van der Waals surface area contributed by atoms with E-state index in [2.05, 4.69) is 20.6 Å². The summed E-state index contributed by atoms with van der Waals surface area (Å²) < 4.78 is 15.3. The third-order valence-electron chi connectivity index (χ3n) is 3.64. The molecule has 8 heteroatoms. The van der Waals surface area contributed by atoms with Crippen LogP contribution >= 0.6 is 11.3 Å². The Labute approximate surface area is 146 Å². The van der Waals surface area contributed by atoms with Gasteiger partial charge < -0.3 is 0 Å². The average Bonchev–Trinajstić information content (AvgIpc) is 3.16. The van der Waals surface area contributed by atoms with Crippen LogP contribution in [0, 0.1) is 12.7 Å². The minimum atomic E-state index is -0.580. The van der Waals surface area contributed by atoms with Gasteiger partial charge in [-0.1, -0.05) is 53.3 Å². The van der Waals surface area contributed by atoms with E-state index in [1.807, 2.05) is 31.2 Å². The number of nitrogens with one attached hydrogen (secondary N) is 1. The summed E-state index contributed by atoms with van der Waals surface area (Å²) in [6.07, 6.45) is 0. The lowest BCUT2D eigenvalue weighted by Crippen LogP contribution is -2.13. The molecule has 0 fully saturated rings. The maximum Gasteiger partial charge on any atom is 0.260 e. The molecule has 0 aliphatic heterocycles. The van der Waals surface area contributed by atoms with Crippen LogP contribution in [0.5, 0.6) is 0 Å². The number of anilines is 1. The van der Waals surface area contributed by atoms with Gasteiger partial charge in [0.25, 0.3) is 5.91 Å². The smallest absolute Gasteiger partial charge is 0.260 e. The molecule has 0 atom stereocenters. The molecule has 2 aromatic heterocycles. The Morgan fingerprint density at radius 3 is 2.64 bits per heavy atom. The molecule has 124 valence electrons. The van der Waals surface area contributed by atoms with Crippen molar-refractivity contribution < 1.29 is 9.18 Å². The molecule has 0 saturated carbocycles. The molecule has 2 heterocycles. The number of nitrogens with zero attached hydrogens (tertiary/aromatic N) is 4. The van der Waals surface area contributed by atoms with Gasteiger partial charge in [-0.2, -0.15) is 4.52 Å². The van der Waals surface area contributed by atoms with Crippen molar-refractivity contribution in [2.75, 3.05) is 5.32 Å². The molecule has 2 aromatic carbocycles. The summed E-state index contributed by atoms with van der Waals surface area (Å²) in [7, 11) is 0. The van der Waals surface area contributed by atoms with E-state index in [4.69, 9.17) is 0 Å². The fourth-order valence-electron chi connectivity index (χ4n) is 2.36. The van der Waals surface area contributed by atoms with E-state index in [0.717, 1.165) is 11.1 Å². The fraction of sp³-hybridized carbons (Fsp3) is 0.0588. The van der Waals surface area contributed by atoms with Crippen LogP contribution in [0.3, 0.4) is 0 Å². The van der Waals surface area contributed by atoms with Gasteiger partial charge in [0.15, 0.2) is 5.82 Å². The third-order valence-corrected chi connectivity index (χ3v) is 4.45. The SMILES string of the molecule is Cc1ccc(-c2nnc3sc(NC(=O)c4ccccc4F)nn23)cc1. The number of hydrogen-bond donors (Lipinski definition) is 1. The third kappa shape index (κ3) is 2.87. The summed E-state index contributed by atoms with van der Waals surface area (Å²) in [5.41, 5.74) is 1.98. The molecule has 4 aromatic rings. The minimum Gasteiger partial charge on any atom is -0.296 e. The molecule has 0 saturated heterocycles. The summed E-state index contributed by atoms with van der Waals surface area (Å²) in [5.74, 6) is -0.555. The molecule has 25 heavy (non-hydrogen) atoms. The Morgan fingerprint density at radius 2 is 1.88 bits per heavy atom. The van der Waals surface area contributed by atoms with Crippen LogP contribution in [0.25, 0.3) is 16.3 Å². The van der Waals surface area contributed by atoms with Gasteiger partial charge in [-0.3, -0.25) is 10.1 Å². The van der Waals surface area contributed by atoms with Gasteiger partial charge in [0, 0.05) is 5.56 Å². The predicted molar refractivity (Wildman–Crippen MR) is 93.2 cm³/mol. The van der Waals surface area contributed by atoms with E-state index in [1.165, 1.54) is 29.5 Å². The van der Waals surface area contributed by atoms with Gasteiger partial charge in [-0.25, -0.2) is 4.39 Å². The molecular weight excluding hydrogens is 341 g/mol. The van der Waals surface area contributed by atoms with Gasteiger partial charge in [0.1, 0.15) is 5.82 Å². The maximum atomic E-state index is 13.7. The molecule has 0 aliphatic rings. The van der Waals surface area contributed by atoms with Crippen molar-refractivity contribution in [1.82, 2.24) is 19.8 Å². The van der Waals surface area contributed by atoms with E-state index >= 15 is 0 Å². The Hall–Kier alpha value is -3.13. The van der Waals surface area contributed by atoms with Crippen molar-refractivity contribution in [2.24, 2.45) is 0 Å². The van der Waals surface area contributed by atoms with Crippen LogP contribution in [0.4, 0.5) is 9.52 Å². The largest absolute Gasteiger partial charge is 0.296 e. The number of fused-ring (bicyclic) bond motifs is 1. The van der Waals surface area contributed by atoms with Crippen molar-refractivity contribution in [1.29, 1.82) is 0 Å². The predicted octanol–water partition coefficient (Wildman–Crippen LogP) is 3.55. The lowest BCUT2D eigenvalue weighted by atomic mass is 10.1. The highest BCUT2D eigenvalue weighted by Gasteiger charge is 2.17. The fourth-order valence-corrected chi connectivity index (χ4v) is 3.09. The summed E-state index contributed by atoms with van der Waals surface area (Å²) in [6, 6.07) is 13.6. The highest BCUT2D eigenvalue weighted by atomic mass is 32.1. The number of carbonyl (C=O) groups is 1. The number of aryl methyl sites for hydroxylation is 1. The monoisotopic (exact) mass is 353 g/mol. The molecule has 1 N–H and O–H groups in total. The zero-order chi connectivity index (χ0) is 17.4. The summed E-state index contributed by atoms with van der Waals surface area (Å²) in [4.78, 5) is 12.7. The topological polar surface area (TPSA) is 72.2 Å². The maximum absolute atomic E-state index is 13.7. The van der Waals surface area contributed by atoms with Crippen LogP contribution < -0.4 is 5.32 Å². The van der Waals surface area contributed by atoms with Crippen molar-refractivity contribution in [2.45, 2.75) is 6.92 Å². The van der Waals surface area contributed by atoms with Crippen molar-refractivity contribution in [3.05, 3.63) is 65.5 Å². The lowest BCUT2D eigenvalue weighted by molar-refractivity contribution is 0.102. The quantitative estimate of drug-likeness (QED) is 0.611. The molecule has 1 amide bonds. The number of hydrogen-bond acceptors (Lipinski definition) is 5. The summed E-state index contributed by atoms with van der Waals surface area (Å²) in [6.45, 7) is 2.00. The van der Waals surface area contributed by atoms with Crippen molar-refractivity contribution >= 4 is 27.3 Å². The molecule has 0 radical (unpaired) electrons. The van der Waals surface area contributed by atoms with E-state index in [9.17, 15) is 9.18 Å². The molecule has 0 bridgehead atoms. The number of carbonyl (C=O) groups excluding carboxylic acids is 1. The Balaban J connectivity index is 1.65. The van der Waals surface area contributed by atoms with Crippen LogP contribution in [0.15, 0.2) is 48.5 Å². The van der Waals surface area contributed by atoms with E-state index in [0.29, 0.717) is 15.9 Å². The van der Waals surface area contributed by atoms with Crippen molar-refractivity contribution in [3.63, 3.8) is 0 Å². The van der Waals surface area contributed by atoms with Gasteiger partial charge in [0.05, 0.1) is 5.56 Å².